The molecule has 0 unspecified atom stereocenters. The fraction of sp³-hybridized carbons (Fsp3) is 0.211. The number of hydrogen-bond acceptors (Lipinski definition) is 4. The Morgan fingerprint density at radius 1 is 1.07 bits per heavy atom. The van der Waals surface area contributed by atoms with E-state index in [-0.39, 0.29) is 12.5 Å². The summed E-state index contributed by atoms with van der Waals surface area (Å²) >= 11 is 19.5. The predicted molar refractivity (Wildman–Crippen MR) is 114 cm³/mol. The molecule has 0 radical (unpaired) electrons. The van der Waals surface area contributed by atoms with Gasteiger partial charge in [0.1, 0.15) is 0 Å². The number of hydrogen-bond donors (Lipinski definition) is 1. The van der Waals surface area contributed by atoms with Gasteiger partial charge in [-0.2, -0.15) is 0 Å². The molecule has 0 aliphatic carbocycles. The third-order valence-electron chi connectivity index (χ3n) is 3.97. The van der Waals surface area contributed by atoms with Crippen molar-refractivity contribution >= 4 is 52.5 Å². The van der Waals surface area contributed by atoms with E-state index in [2.05, 4.69) is 15.5 Å². The molecule has 28 heavy (non-hydrogen) atoms. The molecule has 0 saturated carbocycles. The van der Waals surface area contributed by atoms with Crippen LogP contribution in [0.5, 0.6) is 0 Å². The number of nitrogens with zero attached hydrogens (tertiary/aromatic N) is 3. The number of nitrogens with one attached hydrogen (secondary N) is 1. The first-order valence-corrected chi connectivity index (χ1v) is 10.6. The lowest BCUT2D eigenvalue weighted by atomic mass is 10.2. The van der Waals surface area contributed by atoms with E-state index in [1.54, 1.807) is 23.9 Å². The van der Waals surface area contributed by atoms with Crippen molar-refractivity contribution in [1.29, 1.82) is 0 Å². The van der Waals surface area contributed by atoms with Crippen LogP contribution in [0.4, 0.5) is 0 Å². The van der Waals surface area contributed by atoms with Gasteiger partial charge in [-0.15, -0.1) is 10.2 Å². The van der Waals surface area contributed by atoms with E-state index in [1.165, 1.54) is 6.07 Å². The molecule has 5 nitrogen and oxygen atoms in total. The summed E-state index contributed by atoms with van der Waals surface area (Å²) in [5, 5.41) is 13.6. The molecule has 0 saturated heterocycles. The Hall–Kier alpha value is -1.73. The maximum Gasteiger partial charge on any atom is 0.253 e. The van der Waals surface area contributed by atoms with Crippen LogP contribution in [0.2, 0.25) is 15.1 Å². The molecular weight excluding hydrogens is 439 g/mol. The third-order valence-corrected chi connectivity index (χ3v) is 5.81. The zero-order valence-electron chi connectivity index (χ0n) is 15.0. The lowest BCUT2D eigenvalue weighted by molar-refractivity contribution is 0.0949. The molecule has 0 aliphatic heterocycles. The Morgan fingerprint density at radius 3 is 2.46 bits per heavy atom. The zero-order chi connectivity index (χ0) is 20.1. The largest absolute Gasteiger partial charge is 0.345 e. The van der Waals surface area contributed by atoms with E-state index in [1.807, 2.05) is 35.8 Å². The number of benzene rings is 2. The van der Waals surface area contributed by atoms with Crippen LogP contribution in [-0.4, -0.2) is 20.7 Å². The van der Waals surface area contributed by atoms with Crippen molar-refractivity contribution in [1.82, 2.24) is 20.1 Å². The summed E-state index contributed by atoms with van der Waals surface area (Å²) in [6, 6.07) is 12.5. The molecule has 0 atom stereocenters. The first-order chi connectivity index (χ1) is 13.5. The van der Waals surface area contributed by atoms with Gasteiger partial charge < -0.3 is 9.88 Å². The molecule has 146 valence electrons. The van der Waals surface area contributed by atoms with Crippen molar-refractivity contribution in [2.24, 2.45) is 0 Å². The standard InChI is InChI=1S/C19H17Cl3N4OS/c1-2-26-17(10-23-18(27)15-8-7-14(21)9-16(15)22)24-25-19(26)28-11-12-3-5-13(20)6-4-12/h3-9H,2,10-11H2,1H3,(H,23,27). The molecule has 2 aromatic carbocycles. The number of thioether (sulfide) groups is 1. The van der Waals surface area contributed by atoms with Gasteiger partial charge in [-0.05, 0) is 42.8 Å². The third kappa shape index (κ3) is 5.20. The van der Waals surface area contributed by atoms with Gasteiger partial charge in [-0.3, -0.25) is 4.79 Å². The van der Waals surface area contributed by atoms with E-state index < -0.39 is 0 Å². The Bertz CT molecular complexity index is 976. The van der Waals surface area contributed by atoms with Crippen LogP contribution in [0.3, 0.4) is 0 Å². The van der Waals surface area contributed by atoms with Crippen molar-refractivity contribution in [3.63, 3.8) is 0 Å². The Labute approximate surface area is 182 Å². The Balaban J connectivity index is 1.64. The van der Waals surface area contributed by atoms with Crippen molar-refractivity contribution in [3.8, 4) is 0 Å². The van der Waals surface area contributed by atoms with Crippen LogP contribution in [-0.2, 0) is 18.8 Å². The fourth-order valence-electron chi connectivity index (χ4n) is 2.53. The van der Waals surface area contributed by atoms with E-state index in [4.69, 9.17) is 34.8 Å². The Morgan fingerprint density at radius 2 is 1.79 bits per heavy atom. The van der Waals surface area contributed by atoms with Gasteiger partial charge in [0.2, 0.25) is 0 Å². The number of aromatic nitrogens is 3. The SMILES string of the molecule is CCn1c(CNC(=O)c2ccc(Cl)cc2Cl)nnc1SCc1ccc(Cl)cc1. The molecule has 1 heterocycles. The molecule has 0 fully saturated rings. The number of carbonyl (C=O) groups is 1. The van der Waals surface area contributed by atoms with Gasteiger partial charge in [0.05, 0.1) is 17.1 Å². The highest BCUT2D eigenvalue weighted by Crippen LogP contribution is 2.23. The first-order valence-electron chi connectivity index (χ1n) is 8.50. The van der Waals surface area contributed by atoms with Gasteiger partial charge in [0.25, 0.3) is 5.91 Å². The van der Waals surface area contributed by atoms with Crippen molar-refractivity contribution in [2.75, 3.05) is 0 Å². The number of halogens is 3. The van der Waals surface area contributed by atoms with E-state index in [0.717, 1.165) is 16.5 Å². The van der Waals surface area contributed by atoms with E-state index in [9.17, 15) is 4.79 Å². The van der Waals surface area contributed by atoms with Crippen LogP contribution in [0.1, 0.15) is 28.7 Å². The van der Waals surface area contributed by atoms with E-state index in [0.29, 0.717) is 33.0 Å². The molecule has 1 N–H and O–H groups in total. The summed E-state index contributed by atoms with van der Waals surface area (Å²) in [7, 11) is 0. The maximum atomic E-state index is 12.4. The molecule has 3 aromatic rings. The minimum Gasteiger partial charge on any atom is -0.345 e. The van der Waals surface area contributed by atoms with Crippen LogP contribution in [0, 0.1) is 0 Å². The lowest BCUT2D eigenvalue weighted by Crippen LogP contribution is -2.25. The summed E-state index contributed by atoms with van der Waals surface area (Å²) in [5.74, 6) is 1.14. The summed E-state index contributed by atoms with van der Waals surface area (Å²) < 4.78 is 1.98. The topological polar surface area (TPSA) is 59.8 Å². The molecule has 0 aliphatic rings. The molecule has 9 heteroatoms. The fourth-order valence-corrected chi connectivity index (χ4v) is 4.13. The first kappa shape index (κ1) is 21.0. The normalized spacial score (nSPS) is 10.9. The highest BCUT2D eigenvalue weighted by atomic mass is 35.5. The number of rotatable bonds is 7. The summed E-state index contributed by atoms with van der Waals surface area (Å²) in [6.45, 7) is 2.96. The van der Waals surface area contributed by atoms with Crippen LogP contribution in [0.25, 0.3) is 0 Å². The summed E-state index contributed by atoms with van der Waals surface area (Å²) in [4.78, 5) is 12.4. The van der Waals surface area contributed by atoms with Crippen molar-refractivity contribution in [2.45, 2.75) is 30.9 Å². The highest BCUT2D eigenvalue weighted by molar-refractivity contribution is 7.98. The van der Waals surface area contributed by atoms with Crippen molar-refractivity contribution in [3.05, 3.63) is 74.5 Å². The van der Waals surface area contributed by atoms with Crippen LogP contribution < -0.4 is 5.32 Å². The highest BCUT2D eigenvalue weighted by Gasteiger charge is 2.15. The van der Waals surface area contributed by atoms with E-state index >= 15 is 0 Å². The molecule has 1 amide bonds. The van der Waals surface area contributed by atoms with Gasteiger partial charge >= 0.3 is 0 Å². The van der Waals surface area contributed by atoms with Crippen LogP contribution >= 0.6 is 46.6 Å². The number of carbonyl (C=O) groups excluding carboxylic acids is 1. The second kappa shape index (κ2) is 9.65. The minimum absolute atomic E-state index is 0.250. The molecule has 3 rings (SSSR count). The monoisotopic (exact) mass is 454 g/mol. The second-order valence-electron chi connectivity index (χ2n) is 5.87. The second-order valence-corrected chi connectivity index (χ2v) is 8.09. The van der Waals surface area contributed by atoms with Crippen LogP contribution in [0.15, 0.2) is 47.6 Å². The number of amides is 1. The van der Waals surface area contributed by atoms with Crippen molar-refractivity contribution < 1.29 is 4.79 Å². The summed E-state index contributed by atoms with van der Waals surface area (Å²) in [5.41, 5.74) is 1.51. The van der Waals surface area contributed by atoms with Gasteiger partial charge in [0.15, 0.2) is 11.0 Å². The Kier molecular flexibility index (Phi) is 7.24. The average molecular weight is 456 g/mol. The van der Waals surface area contributed by atoms with Gasteiger partial charge in [-0.1, -0.05) is 58.7 Å². The lowest BCUT2D eigenvalue weighted by Gasteiger charge is -2.09. The predicted octanol–water partition coefficient (Wildman–Crippen LogP) is 5.48. The quantitative estimate of drug-likeness (QED) is 0.479. The maximum absolute atomic E-state index is 12.4. The smallest absolute Gasteiger partial charge is 0.253 e. The molecule has 0 bridgehead atoms. The molecular formula is C19H17Cl3N4OS. The van der Waals surface area contributed by atoms with Gasteiger partial charge in [-0.25, -0.2) is 0 Å². The summed E-state index contributed by atoms with van der Waals surface area (Å²) in [6.07, 6.45) is 0. The zero-order valence-corrected chi connectivity index (χ0v) is 18.0. The molecule has 0 spiro atoms. The minimum atomic E-state index is -0.289. The van der Waals surface area contributed by atoms with Gasteiger partial charge in [0, 0.05) is 22.3 Å². The average Bonchev–Trinajstić information content (AvgIpc) is 3.07. The molecule has 1 aromatic heterocycles.